The van der Waals surface area contributed by atoms with Crippen molar-refractivity contribution in [3.05, 3.63) is 77.2 Å². The van der Waals surface area contributed by atoms with Gasteiger partial charge < -0.3 is 9.84 Å². The van der Waals surface area contributed by atoms with Crippen molar-refractivity contribution < 1.29 is 9.32 Å². The number of hydrogen-bond donors (Lipinski definition) is 1. The normalized spacial score (nSPS) is 16.8. The fraction of sp³-hybridized carbons (Fsp3) is 0.364. The third-order valence-corrected chi connectivity index (χ3v) is 5.19. The van der Waals surface area contributed by atoms with Crippen molar-refractivity contribution >= 4 is 5.91 Å². The second-order valence-electron chi connectivity index (χ2n) is 7.57. The molecule has 4 rings (SSSR count). The van der Waals surface area contributed by atoms with Crippen molar-refractivity contribution in [1.82, 2.24) is 25.3 Å². The fourth-order valence-electron chi connectivity index (χ4n) is 3.78. The zero-order valence-corrected chi connectivity index (χ0v) is 16.5. The van der Waals surface area contributed by atoms with E-state index in [2.05, 4.69) is 31.4 Å². The number of rotatable bonds is 7. The lowest BCUT2D eigenvalue weighted by Crippen LogP contribution is -2.23. The summed E-state index contributed by atoms with van der Waals surface area (Å²) in [6.07, 6.45) is 5.58. The number of carbonyl (C=O) groups is 1. The monoisotopic (exact) mass is 391 g/mol. The molecule has 0 bridgehead atoms. The van der Waals surface area contributed by atoms with Gasteiger partial charge in [0.25, 0.3) is 5.91 Å². The molecule has 1 aromatic carbocycles. The highest BCUT2D eigenvalue weighted by Gasteiger charge is 2.24. The van der Waals surface area contributed by atoms with Gasteiger partial charge in [0.15, 0.2) is 5.82 Å². The van der Waals surface area contributed by atoms with E-state index >= 15 is 0 Å². The maximum Gasteiger partial charge on any atom is 0.251 e. The molecule has 29 heavy (non-hydrogen) atoms. The van der Waals surface area contributed by atoms with Crippen LogP contribution in [0.4, 0.5) is 0 Å². The number of nitrogens with one attached hydrogen (secondary N) is 1. The van der Waals surface area contributed by atoms with E-state index in [9.17, 15) is 4.79 Å². The van der Waals surface area contributed by atoms with E-state index < -0.39 is 0 Å². The number of carbonyl (C=O) groups excluding carboxylic acids is 1. The number of benzene rings is 1. The van der Waals surface area contributed by atoms with E-state index in [1.165, 1.54) is 5.56 Å². The molecule has 1 unspecified atom stereocenters. The molecule has 2 aromatic heterocycles. The van der Waals surface area contributed by atoms with E-state index in [4.69, 9.17) is 4.52 Å². The number of nitrogens with zero attached hydrogens (tertiary/aromatic N) is 4. The number of aryl methyl sites for hydroxylation is 1. The van der Waals surface area contributed by atoms with Gasteiger partial charge in [0.1, 0.15) is 0 Å². The van der Waals surface area contributed by atoms with Crippen LogP contribution in [0.5, 0.6) is 0 Å². The van der Waals surface area contributed by atoms with Gasteiger partial charge in [-0.15, -0.1) is 0 Å². The van der Waals surface area contributed by atoms with Gasteiger partial charge in [-0.3, -0.25) is 14.7 Å². The Balaban J connectivity index is 1.30. The van der Waals surface area contributed by atoms with Gasteiger partial charge in [-0.1, -0.05) is 23.4 Å². The van der Waals surface area contributed by atoms with Gasteiger partial charge in [0.2, 0.25) is 5.89 Å². The Morgan fingerprint density at radius 1 is 1.28 bits per heavy atom. The summed E-state index contributed by atoms with van der Waals surface area (Å²) in [6.45, 7) is 5.04. The Morgan fingerprint density at radius 3 is 2.97 bits per heavy atom. The van der Waals surface area contributed by atoms with Crippen LogP contribution in [0.1, 0.15) is 39.6 Å². The highest BCUT2D eigenvalue weighted by atomic mass is 16.5. The quantitative estimate of drug-likeness (QED) is 0.667. The molecular formula is C22H25N5O2. The van der Waals surface area contributed by atoms with Crippen LogP contribution < -0.4 is 5.32 Å². The minimum atomic E-state index is -0.0597. The predicted octanol–water partition coefficient (Wildman–Crippen LogP) is 2.77. The molecule has 3 aromatic rings. The summed E-state index contributed by atoms with van der Waals surface area (Å²) >= 11 is 0. The summed E-state index contributed by atoms with van der Waals surface area (Å²) < 4.78 is 5.23. The Bertz CT molecular complexity index is 957. The lowest BCUT2D eigenvalue weighted by atomic mass is 9.97. The molecule has 1 atom stereocenters. The average Bonchev–Trinajstić information content (AvgIpc) is 3.36. The molecule has 7 heteroatoms. The molecule has 1 N–H and O–H groups in total. The minimum absolute atomic E-state index is 0.0597. The predicted molar refractivity (Wildman–Crippen MR) is 108 cm³/mol. The van der Waals surface area contributed by atoms with E-state index in [1.54, 1.807) is 12.4 Å². The average molecular weight is 391 g/mol. The molecule has 1 amide bonds. The van der Waals surface area contributed by atoms with Crippen LogP contribution in [-0.2, 0) is 19.5 Å². The SMILES string of the molecule is Cc1noc(CN2CCC(Cc3cccc(C(=O)NCc4cccnc4)c3)C2)n1. The zero-order chi connectivity index (χ0) is 20.1. The minimum Gasteiger partial charge on any atom is -0.348 e. The molecular weight excluding hydrogens is 366 g/mol. The van der Waals surface area contributed by atoms with Crippen LogP contribution in [0.2, 0.25) is 0 Å². The first-order valence-corrected chi connectivity index (χ1v) is 9.93. The summed E-state index contributed by atoms with van der Waals surface area (Å²) in [5.74, 6) is 1.85. The van der Waals surface area contributed by atoms with Gasteiger partial charge in [0, 0.05) is 31.0 Å². The van der Waals surface area contributed by atoms with Crippen molar-refractivity contribution in [2.45, 2.75) is 32.9 Å². The number of aromatic nitrogens is 3. The molecule has 0 spiro atoms. The largest absolute Gasteiger partial charge is 0.348 e. The van der Waals surface area contributed by atoms with Crippen molar-refractivity contribution in [2.75, 3.05) is 13.1 Å². The first kappa shape index (κ1) is 19.3. The summed E-state index contributed by atoms with van der Waals surface area (Å²) in [5.41, 5.74) is 2.88. The Labute approximate surface area is 170 Å². The maximum absolute atomic E-state index is 12.5. The molecule has 0 aliphatic carbocycles. The smallest absolute Gasteiger partial charge is 0.251 e. The van der Waals surface area contributed by atoms with Crippen LogP contribution in [0.15, 0.2) is 53.3 Å². The second-order valence-corrected chi connectivity index (χ2v) is 7.57. The molecule has 7 nitrogen and oxygen atoms in total. The highest BCUT2D eigenvalue weighted by Crippen LogP contribution is 2.22. The highest BCUT2D eigenvalue weighted by molar-refractivity contribution is 5.94. The lowest BCUT2D eigenvalue weighted by molar-refractivity contribution is 0.0950. The Kier molecular flexibility index (Phi) is 5.95. The molecule has 3 heterocycles. The van der Waals surface area contributed by atoms with Gasteiger partial charge in [-0.25, -0.2) is 0 Å². The van der Waals surface area contributed by atoms with Crippen LogP contribution >= 0.6 is 0 Å². The van der Waals surface area contributed by atoms with Gasteiger partial charge in [-0.05, 0) is 61.6 Å². The number of hydrogen-bond acceptors (Lipinski definition) is 6. The van der Waals surface area contributed by atoms with Gasteiger partial charge >= 0.3 is 0 Å². The first-order valence-electron chi connectivity index (χ1n) is 9.93. The maximum atomic E-state index is 12.5. The number of pyridine rings is 1. The summed E-state index contributed by atoms with van der Waals surface area (Å²) in [4.78, 5) is 23.2. The first-order chi connectivity index (χ1) is 14.2. The van der Waals surface area contributed by atoms with E-state index in [1.807, 2.05) is 37.3 Å². The molecule has 1 aliphatic rings. The molecule has 0 radical (unpaired) electrons. The summed E-state index contributed by atoms with van der Waals surface area (Å²) in [7, 11) is 0. The zero-order valence-electron chi connectivity index (χ0n) is 16.5. The topological polar surface area (TPSA) is 84.2 Å². The lowest BCUT2D eigenvalue weighted by Gasteiger charge is -2.14. The summed E-state index contributed by atoms with van der Waals surface area (Å²) in [5, 5.41) is 6.81. The molecule has 1 saturated heterocycles. The third-order valence-electron chi connectivity index (χ3n) is 5.19. The van der Waals surface area contributed by atoms with Crippen LogP contribution in [0, 0.1) is 12.8 Å². The summed E-state index contributed by atoms with van der Waals surface area (Å²) in [6, 6.07) is 11.7. The molecule has 1 aliphatic heterocycles. The van der Waals surface area contributed by atoms with Gasteiger partial charge in [0.05, 0.1) is 6.54 Å². The Morgan fingerprint density at radius 2 is 2.17 bits per heavy atom. The van der Waals surface area contributed by atoms with Crippen LogP contribution in [0.3, 0.4) is 0 Å². The van der Waals surface area contributed by atoms with Crippen molar-refractivity contribution in [1.29, 1.82) is 0 Å². The standard InChI is InChI=1S/C22H25N5O2/c1-16-25-21(29-26-16)15-27-9-7-18(14-27)10-17-4-2-6-20(11-17)22(28)24-13-19-5-3-8-23-12-19/h2-6,8,11-12,18H,7,9-10,13-15H2,1H3,(H,24,28). The molecule has 1 fully saturated rings. The second kappa shape index (κ2) is 8.96. The molecule has 150 valence electrons. The fourth-order valence-corrected chi connectivity index (χ4v) is 3.78. The van der Waals surface area contributed by atoms with E-state index in [0.717, 1.165) is 31.5 Å². The molecule has 0 saturated carbocycles. The van der Waals surface area contributed by atoms with Crippen molar-refractivity contribution in [3.8, 4) is 0 Å². The third kappa shape index (κ3) is 5.26. The Hall–Kier alpha value is -3.06. The number of likely N-dealkylation sites (tertiary alicyclic amines) is 1. The van der Waals surface area contributed by atoms with E-state index in [0.29, 0.717) is 36.3 Å². The van der Waals surface area contributed by atoms with Crippen molar-refractivity contribution in [2.24, 2.45) is 5.92 Å². The van der Waals surface area contributed by atoms with Crippen molar-refractivity contribution in [3.63, 3.8) is 0 Å². The van der Waals surface area contributed by atoms with Gasteiger partial charge in [-0.2, -0.15) is 4.98 Å². The van der Waals surface area contributed by atoms with Crippen LogP contribution in [0.25, 0.3) is 0 Å². The number of amides is 1. The van der Waals surface area contributed by atoms with Crippen LogP contribution in [-0.4, -0.2) is 39.0 Å². The van der Waals surface area contributed by atoms with E-state index in [-0.39, 0.29) is 5.91 Å².